The average Bonchev–Trinajstić information content (AvgIpc) is 2.80. The van der Waals surface area contributed by atoms with Gasteiger partial charge in [-0.1, -0.05) is 41.4 Å². The summed E-state index contributed by atoms with van der Waals surface area (Å²) in [5.41, 5.74) is 1.80. The Hall–Kier alpha value is -2.57. The van der Waals surface area contributed by atoms with Crippen LogP contribution in [-0.4, -0.2) is 42.6 Å². The number of amides is 1. The Kier molecular flexibility index (Phi) is 7.56. The number of fused-ring (bicyclic) bond motifs is 1. The molecule has 6 nitrogen and oxygen atoms in total. The van der Waals surface area contributed by atoms with Crippen molar-refractivity contribution >= 4 is 51.8 Å². The number of hydrogen-bond acceptors (Lipinski definition) is 5. The summed E-state index contributed by atoms with van der Waals surface area (Å²) in [5, 5.41) is 8.63. The normalized spacial score (nSPS) is 18.2. The number of nitrogens with one attached hydrogen (secondary N) is 2. The minimum atomic E-state index is 0.00872. The summed E-state index contributed by atoms with van der Waals surface area (Å²) in [4.78, 5) is 23.8. The monoisotopic (exact) mass is 485 g/mol. The standard InChI is InChI=1S/C25H29Cl2N5O/c1-32(2)24-19-5-3-4-6-22(19)30-25(31-24)29-18-10-7-16(8-11-18)15-28-23(33)14-17-9-12-20(26)21(27)13-17/h3-6,9,12-13,16,18H,7-8,10-11,14-15H2,1-2H3,(H,28,33)(H,29,30,31). The maximum atomic E-state index is 12.3. The molecule has 0 radical (unpaired) electrons. The first-order chi connectivity index (χ1) is 15.9. The highest BCUT2D eigenvalue weighted by molar-refractivity contribution is 6.42. The molecule has 174 valence electrons. The van der Waals surface area contributed by atoms with Crippen molar-refractivity contribution in [1.82, 2.24) is 15.3 Å². The quantitative estimate of drug-likeness (QED) is 0.472. The molecule has 0 bridgehead atoms. The lowest BCUT2D eigenvalue weighted by Crippen LogP contribution is -2.34. The van der Waals surface area contributed by atoms with E-state index in [4.69, 9.17) is 33.2 Å². The minimum absolute atomic E-state index is 0.00872. The van der Waals surface area contributed by atoms with E-state index in [0.717, 1.165) is 48.0 Å². The smallest absolute Gasteiger partial charge is 0.225 e. The number of nitrogens with zero attached hydrogens (tertiary/aromatic N) is 3. The summed E-state index contributed by atoms with van der Waals surface area (Å²) < 4.78 is 0. The fourth-order valence-corrected chi connectivity index (χ4v) is 4.64. The molecule has 2 N–H and O–H groups in total. The molecule has 0 spiro atoms. The maximum absolute atomic E-state index is 12.3. The summed E-state index contributed by atoms with van der Waals surface area (Å²) in [7, 11) is 4.00. The number of benzene rings is 2. The lowest BCUT2D eigenvalue weighted by Gasteiger charge is -2.29. The van der Waals surface area contributed by atoms with Crippen LogP contribution in [0.3, 0.4) is 0 Å². The zero-order valence-electron chi connectivity index (χ0n) is 18.9. The first-order valence-electron chi connectivity index (χ1n) is 11.3. The van der Waals surface area contributed by atoms with E-state index in [9.17, 15) is 4.79 Å². The topological polar surface area (TPSA) is 70.2 Å². The summed E-state index contributed by atoms with van der Waals surface area (Å²) in [6.07, 6.45) is 4.47. The Morgan fingerprint density at radius 3 is 2.52 bits per heavy atom. The summed E-state index contributed by atoms with van der Waals surface area (Å²) >= 11 is 12.0. The van der Waals surface area contributed by atoms with Crippen LogP contribution in [0.4, 0.5) is 11.8 Å². The van der Waals surface area contributed by atoms with Crippen molar-refractivity contribution in [3.63, 3.8) is 0 Å². The fraction of sp³-hybridized carbons (Fsp3) is 0.400. The van der Waals surface area contributed by atoms with Crippen LogP contribution in [0.5, 0.6) is 0 Å². The van der Waals surface area contributed by atoms with E-state index in [1.165, 1.54) is 0 Å². The van der Waals surface area contributed by atoms with Gasteiger partial charge < -0.3 is 15.5 Å². The molecule has 1 aliphatic carbocycles. The third-order valence-electron chi connectivity index (χ3n) is 6.12. The largest absolute Gasteiger partial charge is 0.362 e. The van der Waals surface area contributed by atoms with Crippen molar-refractivity contribution in [2.24, 2.45) is 5.92 Å². The minimum Gasteiger partial charge on any atom is -0.362 e. The second-order valence-corrected chi connectivity index (χ2v) is 9.69. The fourth-order valence-electron chi connectivity index (χ4n) is 4.31. The second-order valence-electron chi connectivity index (χ2n) is 8.87. The molecule has 4 rings (SSSR count). The maximum Gasteiger partial charge on any atom is 0.225 e. The Balaban J connectivity index is 1.27. The molecule has 2 aromatic carbocycles. The predicted octanol–water partition coefficient (Wildman–Crippen LogP) is 5.33. The number of carbonyl (C=O) groups is 1. The zero-order valence-corrected chi connectivity index (χ0v) is 20.5. The van der Waals surface area contributed by atoms with Gasteiger partial charge in [0, 0.05) is 32.1 Å². The number of para-hydroxylation sites is 1. The van der Waals surface area contributed by atoms with Gasteiger partial charge in [-0.2, -0.15) is 4.98 Å². The highest BCUT2D eigenvalue weighted by Gasteiger charge is 2.23. The van der Waals surface area contributed by atoms with Gasteiger partial charge in [0.1, 0.15) is 5.82 Å². The van der Waals surface area contributed by atoms with E-state index in [2.05, 4.69) is 16.7 Å². The Bertz CT molecular complexity index is 1130. The molecule has 1 amide bonds. The van der Waals surface area contributed by atoms with Crippen LogP contribution in [-0.2, 0) is 11.2 Å². The van der Waals surface area contributed by atoms with Crippen molar-refractivity contribution in [2.75, 3.05) is 30.9 Å². The van der Waals surface area contributed by atoms with Gasteiger partial charge in [0.25, 0.3) is 0 Å². The Morgan fingerprint density at radius 2 is 1.79 bits per heavy atom. The predicted molar refractivity (Wildman–Crippen MR) is 136 cm³/mol. The number of aromatic nitrogens is 2. The number of halogens is 2. The highest BCUT2D eigenvalue weighted by Crippen LogP contribution is 2.28. The van der Waals surface area contributed by atoms with Crippen LogP contribution < -0.4 is 15.5 Å². The van der Waals surface area contributed by atoms with Gasteiger partial charge in [-0.05, 0) is 61.4 Å². The molecule has 1 aromatic heterocycles. The molecule has 0 aliphatic heterocycles. The van der Waals surface area contributed by atoms with Crippen LogP contribution in [0, 0.1) is 5.92 Å². The molecule has 1 fully saturated rings. The van der Waals surface area contributed by atoms with E-state index in [1.807, 2.05) is 43.3 Å². The van der Waals surface area contributed by atoms with Crippen LogP contribution in [0.15, 0.2) is 42.5 Å². The van der Waals surface area contributed by atoms with Crippen LogP contribution in [0.2, 0.25) is 10.0 Å². The third kappa shape index (κ3) is 6.06. The number of carbonyl (C=O) groups excluding carboxylic acids is 1. The number of hydrogen-bond donors (Lipinski definition) is 2. The molecule has 8 heteroatoms. The van der Waals surface area contributed by atoms with Gasteiger partial charge >= 0.3 is 0 Å². The van der Waals surface area contributed by atoms with Gasteiger partial charge in [0.05, 0.1) is 22.0 Å². The molecule has 3 aromatic rings. The van der Waals surface area contributed by atoms with Gasteiger partial charge in [0.15, 0.2) is 0 Å². The van der Waals surface area contributed by atoms with Crippen molar-refractivity contribution < 1.29 is 4.79 Å². The second kappa shape index (κ2) is 10.6. The molecule has 0 unspecified atom stereocenters. The van der Waals surface area contributed by atoms with Crippen molar-refractivity contribution in [3.8, 4) is 0 Å². The molecule has 1 heterocycles. The van der Waals surface area contributed by atoms with E-state index in [0.29, 0.717) is 40.9 Å². The molecule has 1 saturated carbocycles. The van der Waals surface area contributed by atoms with E-state index < -0.39 is 0 Å². The lowest BCUT2D eigenvalue weighted by molar-refractivity contribution is -0.120. The first-order valence-corrected chi connectivity index (χ1v) is 12.1. The first kappa shape index (κ1) is 23.6. The number of rotatable bonds is 7. The van der Waals surface area contributed by atoms with Gasteiger partial charge in [-0.15, -0.1) is 0 Å². The number of anilines is 2. The van der Waals surface area contributed by atoms with E-state index in [-0.39, 0.29) is 5.91 Å². The molecule has 0 atom stereocenters. The summed E-state index contributed by atoms with van der Waals surface area (Å²) in [6, 6.07) is 13.7. The van der Waals surface area contributed by atoms with Crippen LogP contribution >= 0.6 is 23.2 Å². The van der Waals surface area contributed by atoms with Crippen LogP contribution in [0.1, 0.15) is 31.2 Å². The van der Waals surface area contributed by atoms with Gasteiger partial charge in [-0.3, -0.25) is 4.79 Å². The molecule has 0 saturated heterocycles. The third-order valence-corrected chi connectivity index (χ3v) is 6.86. The Labute approximate surface area is 204 Å². The van der Waals surface area contributed by atoms with Crippen LogP contribution in [0.25, 0.3) is 10.9 Å². The van der Waals surface area contributed by atoms with Crippen molar-refractivity contribution in [2.45, 2.75) is 38.1 Å². The Morgan fingerprint density at radius 1 is 1.03 bits per heavy atom. The molecule has 33 heavy (non-hydrogen) atoms. The summed E-state index contributed by atoms with van der Waals surface area (Å²) in [6.45, 7) is 0.699. The van der Waals surface area contributed by atoms with Gasteiger partial charge in [0.2, 0.25) is 11.9 Å². The highest BCUT2D eigenvalue weighted by atomic mass is 35.5. The van der Waals surface area contributed by atoms with E-state index in [1.54, 1.807) is 12.1 Å². The van der Waals surface area contributed by atoms with Crippen molar-refractivity contribution in [3.05, 3.63) is 58.1 Å². The van der Waals surface area contributed by atoms with Gasteiger partial charge in [-0.25, -0.2) is 4.98 Å². The average molecular weight is 486 g/mol. The molecular weight excluding hydrogens is 457 g/mol. The zero-order chi connectivity index (χ0) is 23.4. The summed E-state index contributed by atoms with van der Waals surface area (Å²) in [5.74, 6) is 2.09. The van der Waals surface area contributed by atoms with Crippen molar-refractivity contribution in [1.29, 1.82) is 0 Å². The lowest BCUT2D eigenvalue weighted by atomic mass is 9.86. The molecule has 1 aliphatic rings. The molecular formula is C25H29Cl2N5O. The van der Waals surface area contributed by atoms with E-state index >= 15 is 0 Å². The SMILES string of the molecule is CN(C)c1nc(NC2CCC(CNC(=O)Cc3ccc(Cl)c(Cl)c3)CC2)nc2ccccc12.